The molecule has 194 valence electrons. The van der Waals surface area contributed by atoms with Crippen LogP contribution < -0.4 is 21.1 Å². The SMILES string of the molecule is CCOC(=O)CCCC(C1CCNCC1)N1CCC(NC(=O)c2cc(Cl)c(N)c3c2OCC3)CC1. The van der Waals surface area contributed by atoms with E-state index in [0.29, 0.717) is 60.0 Å². The average Bonchev–Trinajstić information content (AvgIpc) is 3.36. The lowest BCUT2D eigenvalue weighted by Gasteiger charge is -2.42. The first kappa shape index (κ1) is 26.0. The van der Waals surface area contributed by atoms with E-state index in [9.17, 15) is 9.59 Å². The largest absolute Gasteiger partial charge is 0.492 e. The highest BCUT2D eigenvalue weighted by Gasteiger charge is 2.33. The molecule has 35 heavy (non-hydrogen) atoms. The number of carbonyl (C=O) groups is 2. The van der Waals surface area contributed by atoms with Crippen LogP contribution in [-0.4, -0.2) is 68.3 Å². The van der Waals surface area contributed by atoms with Crippen molar-refractivity contribution in [2.75, 3.05) is 45.1 Å². The molecular formula is C26H39ClN4O4. The van der Waals surface area contributed by atoms with Crippen LogP contribution in [-0.2, 0) is 16.0 Å². The first-order chi connectivity index (χ1) is 17.0. The van der Waals surface area contributed by atoms with Crippen LogP contribution in [0.1, 0.15) is 67.8 Å². The number of benzene rings is 1. The number of hydrogen-bond acceptors (Lipinski definition) is 7. The molecule has 3 aliphatic rings. The van der Waals surface area contributed by atoms with Gasteiger partial charge in [0, 0.05) is 43.6 Å². The van der Waals surface area contributed by atoms with E-state index in [1.807, 2.05) is 6.92 Å². The van der Waals surface area contributed by atoms with Gasteiger partial charge in [-0.05, 0) is 70.5 Å². The second-order valence-electron chi connectivity index (χ2n) is 9.86. The molecule has 8 nitrogen and oxygen atoms in total. The average molecular weight is 507 g/mol. The molecule has 1 aromatic carbocycles. The number of hydrogen-bond donors (Lipinski definition) is 3. The molecule has 3 aliphatic heterocycles. The molecule has 0 bridgehead atoms. The van der Waals surface area contributed by atoms with Crippen LogP contribution in [0.4, 0.5) is 5.69 Å². The minimum atomic E-state index is -0.146. The lowest BCUT2D eigenvalue weighted by Crippen LogP contribution is -2.51. The van der Waals surface area contributed by atoms with Gasteiger partial charge in [-0.3, -0.25) is 14.5 Å². The number of ether oxygens (including phenoxy) is 2. The van der Waals surface area contributed by atoms with Crippen molar-refractivity contribution in [2.24, 2.45) is 5.92 Å². The van der Waals surface area contributed by atoms with Crippen molar-refractivity contribution < 1.29 is 19.1 Å². The number of rotatable bonds is 9. The molecule has 0 saturated carbocycles. The molecule has 2 fully saturated rings. The Labute approximate surface area is 213 Å². The van der Waals surface area contributed by atoms with Crippen molar-refractivity contribution in [1.29, 1.82) is 0 Å². The van der Waals surface area contributed by atoms with Crippen LogP contribution in [0, 0.1) is 5.92 Å². The molecule has 0 aromatic heterocycles. The maximum atomic E-state index is 13.1. The Hall–Kier alpha value is -2.03. The fraction of sp³-hybridized carbons (Fsp3) is 0.692. The number of halogens is 1. The summed E-state index contributed by atoms with van der Waals surface area (Å²) in [5, 5.41) is 7.08. The smallest absolute Gasteiger partial charge is 0.305 e. The van der Waals surface area contributed by atoms with E-state index in [0.717, 1.165) is 57.4 Å². The highest BCUT2D eigenvalue weighted by molar-refractivity contribution is 6.33. The summed E-state index contributed by atoms with van der Waals surface area (Å²) in [6.07, 6.45) is 7.16. The first-order valence-electron chi connectivity index (χ1n) is 13.1. The Balaban J connectivity index is 1.33. The Kier molecular flexibility index (Phi) is 9.14. The number of carbonyl (C=O) groups excluding carboxylic acids is 2. The van der Waals surface area contributed by atoms with E-state index in [4.69, 9.17) is 26.8 Å². The standard InChI is InChI=1S/C26H39ClN4O4/c1-2-34-23(32)5-3-4-22(17-6-11-29-12-7-17)31-13-8-18(9-14-31)30-26(33)20-16-21(27)24(28)19-10-15-35-25(19)20/h16-18,22,29H,2-15,28H2,1H3,(H,30,33). The van der Waals surface area contributed by atoms with Gasteiger partial charge in [-0.15, -0.1) is 0 Å². The number of nitrogens with zero attached hydrogens (tertiary/aromatic N) is 1. The molecule has 1 aromatic rings. The zero-order chi connectivity index (χ0) is 24.8. The van der Waals surface area contributed by atoms with Crippen molar-refractivity contribution in [3.05, 3.63) is 22.2 Å². The number of piperidine rings is 2. The third kappa shape index (κ3) is 6.40. The molecule has 3 heterocycles. The first-order valence-corrected chi connectivity index (χ1v) is 13.5. The van der Waals surface area contributed by atoms with Gasteiger partial charge in [0.1, 0.15) is 5.75 Å². The highest BCUT2D eigenvalue weighted by atomic mass is 35.5. The monoisotopic (exact) mass is 506 g/mol. The van der Waals surface area contributed by atoms with Crippen molar-refractivity contribution >= 4 is 29.2 Å². The van der Waals surface area contributed by atoms with Crippen LogP contribution >= 0.6 is 11.6 Å². The van der Waals surface area contributed by atoms with Gasteiger partial charge in [0.15, 0.2) is 0 Å². The summed E-state index contributed by atoms with van der Waals surface area (Å²) in [5.41, 5.74) is 7.91. The van der Waals surface area contributed by atoms with E-state index in [1.54, 1.807) is 6.07 Å². The number of likely N-dealkylation sites (tertiary alicyclic amines) is 1. The van der Waals surface area contributed by atoms with Gasteiger partial charge in [-0.25, -0.2) is 0 Å². The van der Waals surface area contributed by atoms with Gasteiger partial charge in [0.25, 0.3) is 5.91 Å². The summed E-state index contributed by atoms with van der Waals surface area (Å²) in [6, 6.07) is 2.21. The molecule has 0 radical (unpaired) electrons. The topological polar surface area (TPSA) is 106 Å². The maximum Gasteiger partial charge on any atom is 0.305 e. The molecule has 1 atom stereocenters. The van der Waals surface area contributed by atoms with Gasteiger partial charge in [-0.2, -0.15) is 0 Å². The molecule has 1 amide bonds. The van der Waals surface area contributed by atoms with Gasteiger partial charge < -0.3 is 25.8 Å². The van der Waals surface area contributed by atoms with Crippen LogP contribution in [0.5, 0.6) is 5.75 Å². The number of nitrogens with two attached hydrogens (primary N) is 1. The third-order valence-corrected chi connectivity index (χ3v) is 7.98. The van der Waals surface area contributed by atoms with Crippen molar-refractivity contribution in [3.63, 3.8) is 0 Å². The van der Waals surface area contributed by atoms with E-state index in [2.05, 4.69) is 15.5 Å². The molecule has 9 heteroatoms. The molecule has 1 unspecified atom stereocenters. The molecule has 0 spiro atoms. The number of esters is 1. The molecule has 0 aliphatic carbocycles. The Morgan fingerprint density at radius 1 is 1.29 bits per heavy atom. The van der Waals surface area contributed by atoms with Crippen molar-refractivity contribution in [1.82, 2.24) is 15.5 Å². The molecular weight excluding hydrogens is 468 g/mol. The highest BCUT2D eigenvalue weighted by Crippen LogP contribution is 2.38. The third-order valence-electron chi connectivity index (χ3n) is 7.66. The van der Waals surface area contributed by atoms with Gasteiger partial charge in [0.2, 0.25) is 0 Å². The van der Waals surface area contributed by atoms with Crippen LogP contribution in [0.3, 0.4) is 0 Å². The number of amides is 1. The zero-order valence-electron chi connectivity index (χ0n) is 20.7. The Bertz CT molecular complexity index is 898. The number of fused-ring (bicyclic) bond motifs is 1. The summed E-state index contributed by atoms with van der Waals surface area (Å²) in [7, 11) is 0. The second-order valence-corrected chi connectivity index (χ2v) is 10.3. The minimum absolute atomic E-state index is 0.101. The quantitative estimate of drug-likeness (QED) is 0.349. The predicted molar refractivity (Wildman–Crippen MR) is 137 cm³/mol. The molecule has 4 N–H and O–H groups in total. The van der Waals surface area contributed by atoms with Gasteiger partial charge >= 0.3 is 5.97 Å². The second kappa shape index (κ2) is 12.3. The molecule has 2 saturated heterocycles. The van der Waals surface area contributed by atoms with Crippen LogP contribution in [0.25, 0.3) is 0 Å². The van der Waals surface area contributed by atoms with E-state index in [-0.39, 0.29) is 17.9 Å². The maximum absolute atomic E-state index is 13.1. The van der Waals surface area contributed by atoms with E-state index < -0.39 is 0 Å². The van der Waals surface area contributed by atoms with Crippen molar-refractivity contribution in [3.8, 4) is 5.75 Å². The lowest BCUT2D eigenvalue weighted by atomic mass is 9.85. The minimum Gasteiger partial charge on any atom is -0.492 e. The Morgan fingerprint density at radius 2 is 2.03 bits per heavy atom. The fourth-order valence-electron chi connectivity index (χ4n) is 5.81. The number of nitrogen functional groups attached to an aromatic ring is 1. The van der Waals surface area contributed by atoms with Gasteiger partial charge in [0.05, 0.1) is 29.5 Å². The Morgan fingerprint density at radius 3 is 2.74 bits per heavy atom. The summed E-state index contributed by atoms with van der Waals surface area (Å²) in [6.45, 7) is 6.80. The molecule has 4 rings (SSSR count). The summed E-state index contributed by atoms with van der Waals surface area (Å²) in [5.74, 6) is 0.972. The number of anilines is 1. The van der Waals surface area contributed by atoms with E-state index in [1.165, 1.54) is 12.8 Å². The summed E-state index contributed by atoms with van der Waals surface area (Å²) in [4.78, 5) is 27.5. The van der Waals surface area contributed by atoms with Crippen molar-refractivity contribution in [2.45, 2.75) is 70.4 Å². The van der Waals surface area contributed by atoms with Crippen LogP contribution in [0.15, 0.2) is 6.07 Å². The fourth-order valence-corrected chi connectivity index (χ4v) is 6.03. The lowest BCUT2D eigenvalue weighted by molar-refractivity contribution is -0.143. The zero-order valence-corrected chi connectivity index (χ0v) is 21.5. The van der Waals surface area contributed by atoms with E-state index >= 15 is 0 Å². The van der Waals surface area contributed by atoms with Crippen LogP contribution in [0.2, 0.25) is 5.02 Å². The summed E-state index contributed by atoms with van der Waals surface area (Å²) >= 11 is 6.29. The normalized spacial score (nSPS) is 20.2. The summed E-state index contributed by atoms with van der Waals surface area (Å²) < 4.78 is 10.8. The number of nitrogens with one attached hydrogen (secondary N) is 2. The predicted octanol–water partition coefficient (Wildman–Crippen LogP) is 3.15. The van der Waals surface area contributed by atoms with Gasteiger partial charge in [-0.1, -0.05) is 11.6 Å².